The van der Waals surface area contributed by atoms with Crippen LogP contribution < -0.4 is 0 Å². The molecule has 2 atom stereocenters. The fraction of sp³-hybridized carbons (Fsp3) is 0.133. The Hall–Kier alpha value is -4.43. The summed E-state index contributed by atoms with van der Waals surface area (Å²) < 4.78 is 10.8. The van der Waals surface area contributed by atoms with Crippen LogP contribution >= 0.6 is 11.8 Å². The van der Waals surface area contributed by atoms with Crippen LogP contribution in [-0.4, -0.2) is 46.3 Å². The lowest BCUT2D eigenvalue weighted by molar-refractivity contribution is -0.158. The standard InChI is InChI=1S/C30H24N2O5S/c1-36-25(33)16-15-22-19-38-29-24(18-23-14-8-9-17-31-23)28(34)32(29)26(22)30(35)37-27(20-10-4-2-5-11-20)21-12-6-3-7-13-21/h2-19,26-27,29H,1H3/b16-15+,24-18-/t26-,29-/m1/s1. The maximum atomic E-state index is 13.8. The van der Waals surface area contributed by atoms with Crippen molar-refractivity contribution >= 4 is 35.7 Å². The van der Waals surface area contributed by atoms with Crippen molar-refractivity contribution in [2.24, 2.45) is 0 Å². The Labute approximate surface area is 224 Å². The quantitative estimate of drug-likeness (QED) is 0.252. The van der Waals surface area contributed by atoms with Gasteiger partial charge in [-0.2, -0.15) is 0 Å². The lowest BCUT2D eigenvalue weighted by Gasteiger charge is -2.48. The van der Waals surface area contributed by atoms with Crippen LogP contribution in [0.5, 0.6) is 0 Å². The van der Waals surface area contributed by atoms with Crippen molar-refractivity contribution < 1.29 is 23.9 Å². The number of carbonyl (C=O) groups is 3. The van der Waals surface area contributed by atoms with Crippen molar-refractivity contribution in [2.45, 2.75) is 17.5 Å². The third-order valence-electron chi connectivity index (χ3n) is 6.19. The lowest BCUT2D eigenvalue weighted by Crippen LogP contribution is -2.62. The zero-order valence-corrected chi connectivity index (χ0v) is 21.3. The molecule has 0 unspecified atom stereocenters. The first-order chi connectivity index (χ1) is 18.6. The number of hydrogen-bond donors (Lipinski definition) is 0. The van der Waals surface area contributed by atoms with E-state index in [4.69, 9.17) is 9.47 Å². The Morgan fingerprint density at radius 1 is 0.974 bits per heavy atom. The number of aromatic nitrogens is 1. The molecule has 0 spiro atoms. The number of amides is 1. The van der Waals surface area contributed by atoms with Crippen molar-refractivity contribution in [3.8, 4) is 0 Å². The molecule has 8 heteroatoms. The zero-order chi connectivity index (χ0) is 26.5. The van der Waals surface area contributed by atoms with E-state index in [0.29, 0.717) is 16.8 Å². The third-order valence-corrected chi connectivity index (χ3v) is 7.34. The number of ether oxygens (including phenoxy) is 2. The van der Waals surface area contributed by atoms with E-state index in [9.17, 15) is 14.4 Å². The Morgan fingerprint density at radius 3 is 2.24 bits per heavy atom. The van der Waals surface area contributed by atoms with Crippen molar-refractivity contribution in [2.75, 3.05) is 7.11 Å². The molecule has 0 bridgehead atoms. The average molecular weight is 525 g/mol. The number of fused-ring (bicyclic) bond motifs is 1. The van der Waals surface area contributed by atoms with E-state index >= 15 is 0 Å². The maximum Gasteiger partial charge on any atom is 0.334 e. The van der Waals surface area contributed by atoms with Gasteiger partial charge in [0, 0.05) is 12.3 Å². The molecule has 1 fully saturated rings. The average Bonchev–Trinajstić information content (AvgIpc) is 2.98. The summed E-state index contributed by atoms with van der Waals surface area (Å²) in [5.41, 5.74) is 3.27. The number of carbonyl (C=O) groups excluding carboxylic acids is 3. The molecule has 2 aliphatic rings. The monoisotopic (exact) mass is 524 g/mol. The summed E-state index contributed by atoms with van der Waals surface area (Å²) in [6.07, 6.45) is 5.44. The van der Waals surface area contributed by atoms with Crippen LogP contribution in [0.1, 0.15) is 22.9 Å². The minimum atomic E-state index is -1.04. The van der Waals surface area contributed by atoms with E-state index in [1.54, 1.807) is 23.7 Å². The lowest BCUT2D eigenvalue weighted by atomic mass is 9.96. The van der Waals surface area contributed by atoms with Crippen LogP contribution in [-0.2, 0) is 23.9 Å². The first-order valence-electron chi connectivity index (χ1n) is 11.9. The summed E-state index contributed by atoms with van der Waals surface area (Å²) in [7, 11) is 1.27. The molecule has 38 heavy (non-hydrogen) atoms. The van der Waals surface area contributed by atoms with Gasteiger partial charge in [0.05, 0.1) is 18.4 Å². The van der Waals surface area contributed by atoms with Crippen molar-refractivity contribution in [3.05, 3.63) is 131 Å². The molecule has 3 heterocycles. The number of methoxy groups -OCH3 is 1. The van der Waals surface area contributed by atoms with Gasteiger partial charge in [-0.25, -0.2) is 9.59 Å². The normalized spacial score (nSPS) is 19.6. The van der Waals surface area contributed by atoms with Gasteiger partial charge in [0.25, 0.3) is 5.91 Å². The molecule has 1 saturated heterocycles. The highest BCUT2D eigenvalue weighted by Gasteiger charge is 2.52. The topological polar surface area (TPSA) is 85.8 Å². The Bertz CT molecular complexity index is 1380. The van der Waals surface area contributed by atoms with E-state index in [-0.39, 0.29) is 11.3 Å². The molecule has 0 saturated carbocycles. The Balaban J connectivity index is 1.48. The minimum Gasteiger partial charge on any atom is -0.466 e. The predicted molar refractivity (Wildman–Crippen MR) is 144 cm³/mol. The summed E-state index contributed by atoms with van der Waals surface area (Å²) >= 11 is 1.38. The van der Waals surface area contributed by atoms with E-state index in [0.717, 1.165) is 11.1 Å². The van der Waals surface area contributed by atoms with Crippen LogP contribution in [0.25, 0.3) is 6.08 Å². The molecule has 190 valence electrons. The second-order valence-corrected chi connectivity index (χ2v) is 9.52. The summed E-state index contributed by atoms with van der Waals surface area (Å²) in [5.74, 6) is -1.45. The highest BCUT2D eigenvalue weighted by molar-refractivity contribution is 8.03. The second kappa shape index (κ2) is 11.3. The van der Waals surface area contributed by atoms with Crippen molar-refractivity contribution in [1.29, 1.82) is 0 Å². The van der Waals surface area contributed by atoms with Gasteiger partial charge in [-0.05, 0) is 46.4 Å². The third kappa shape index (κ3) is 5.17. The molecule has 0 radical (unpaired) electrons. The summed E-state index contributed by atoms with van der Waals surface area (Å²) in [6, 6.07) is 23.3. The summed E-state index contributed by atoms with van der Waals surface area (Å²) in [5, 5.41) is 1.40. The van der Waals surface area contributed by atoms with Crippen molar-refractivity contribution in [3.63, 3.8) is 0 Å². The summed E-state index contributed by atoms with van der Waals surface area (Å²) in [4.78, 5) is 44.8. The maximum absolute atomic E-state index is 13.8. The minimum absolute atomic E-state index is 0.289. The molecular formula is C30H24N2O5S. The first-order valence-corrected chi connectivity index (χ1v) is 12.9. The molecular weight excluding hydrogens is 500 g/mol. The van der Waals surface area contributed by atoms with Gasteiger partial charge < -0.3 is 14.4 Å². The zero-order valence-electron chi connectivity index (χ0n) is 20.5. The highest BCUT2D eigenvalue weighted by atomic mass is 32.2. The molecule has 5 rings (SSSR count). The smallest absolute Gasteiger partial charge is 0.334 e. The molecule has 2 aromatic carbocycles. The molecule has 7 nitrogen and oxygen atoms in total. The highest BCUT2D eigenvalue weighted by Crippen LogP contribution is 2.45. The van der Waals surface area contributed by atoms with Gasteiger partial charge in [-0.15, -0.1) is 11.8 Å². The van der Waals surface area contributed by atoms with Crippen LogP contribution in [0.2, 0.25) is 0 Å². The number of hydrogen-bond acceptors (Lipinski definition) is 7. The van der Waals surface area contributed by atoms with Gasteiger partial charge in [0.15, 0.2) is 12.1 Å². The number of esters is 2. The largest absolute Gasteiger partial charge is 0.466 e. The number of rotatable bonds is 7. The fourth-order valence-electron chi connectivity index (χ4n) is 4.34. The Morgan fingerprint density at radius 2 is 1.63 bits per heavy atom. The fourth-order valence-corrected chi connectivity index (χ4v) is 5.49. The van der Waals surface area contributed by atoms with Crippen molar-refractivity contribution in [1.82, 2.24) is 9.88 Å². The first kappa shape index (κ1) is 25.2. The number of thioether (sulfide) groups is 1. The van der Waals surface area contributed by atoms with Gasteiger partial charge in [0.1, 0.15) is 5.37 Å². The summed E-state index contributed by atoms with van der Waals surface area (Å²) in [6.45, 7) is 0. The number of β-lactam (4-membered cyclic amide) rings is 1. The molecule has 1 aromatic heterocycles. The number of nitrogens with zero attached hydrogens (tertiary/aromatic N) is 2. The number of benzene rings is 2. The SMILES string of the molecule is COC(=O)/C=C/C1=CS[C@@H]2/C(=C\c3ccccn3)C(=O)N2[C@H]1C(=O)OC(c1ccccc1)c1ccccc1. The van der Waals surface area contributed by atoms with Gasteiger partial charge in [0.2, 0.25) is 0 Å². The van der Waals surface area contributed by atoms with Crippen LogP contribution in [0, 0.1) is 0 Å². The van der Waals surface area contributed by atoms with E-state index in [2.05, 4.69) is 4.98 Å². The molecule has 0 aliphatic carbocycles. The molecule has 3 aromatic rings. The van der Waals surface area contributed by atoms with E-state index < -0.39 is 24.1 Å². The number of pyridine rings is 1. The second-order valence-electron chi connectivity index (χ2n) is 8.57. The van der Waals surface area contributed by atoms with Crippen LogP contribution in [0.4, 0.5) is 0 Å². The Kier molecular flexibility index (Phi) is 7.51. The molecule has 2 aliphatic heterocycles. The van der Waals surface area contributed by atoms with Gasteiger partial charge >= 0.3 is 11.9 Å². The van der Waals surface area contributed by atoms with Crippen LogP contribution in [0.15, 0.2) is 114 Å². The molecule has 0 N–H and O–H groups in total. The van der Waals surface area contributed by atoms with E-state index in [1.165, 1.54) is 35.9 Å². The molecule has 1 amide bonds. The predicted octanol–water partition coefficient (Wildman–Crippen LogP) is 4.69. The van der Waals surface area contributed by atoms with E-state index in [1.807, 2.05) is 72.8 Å². The van der Waals surface area contributed by atoms with Crippen LogP contribution in [0.3, 0.4) is 0 Å². The van der Waals surface area contributed by atoms with Gasteiger partial charge in [-0.3, -0.25) is 9.78 Å². The van der Waals surface area contributed by atoms with Gasteiger partial charge in [-0.1, -0.05) is 66.7 Å².